The summed E-state index contributed by atoms with van der Waals surface area (Å²) in [6, 6.07) is 3.43. The number of halogens is 3. The summed E-state index contributed by atoms with van der Waals surface area (Å²) >= 11 is 0.867. The zero-order chi connectivity index (χ0) is 15.8. The summed E-state index contributed by atoms with van der Waals surface area (Å²) in [5, 5.41) is 10.7. The third-order valence-electron chi connectivity index (χ3n) is 2.21. The van der Waals surface area contributed by atoms with Crippen molar-refractivity contribution in [3.8, 4) is 5.75 Å². The van der Waals surface area contributed by atoms with Crippen LogP contribution in [0.3, 0.4) is 0 Å². The van der Waals surface area contributed by atoms with E-state index in [1.807, 2.05) is 0 Å². The average molecular weight is 323 g/mol. The minimum Gasteiger partial charge on any atom is -0.481 e. The minimum atomic E-state index is -3.10. The van der Waals surface area contributed by atoms with Gasteiger partial charge in [0, 0.05) is 12.1 Å². The van der Waals surface area contributed by atoms with Crippen LogP contribution in [0.1, 0.15) is 5.56 Å². The molecule has 0 fully saturated rings. The quantitative estimate of drug-likeness (QED) is 0.764. The molecule has 21 heavy (non-hydrogen) atoms. The number of aliphatic carboxylic acids is 1. The Kier molecular flexibility index (Phi) is 6.86. The van der Waals surface area contributed by atoms with E-state index in [1.54, 1.807) is 0 Å². The Morgan fingerprint density at radius 1 is 1.33 bits per heavy atom. The Balaban J connectivity index is 2.58. The first-order chi connectivity index (χ1) is 9.90. The minimum absolute atomic E-state index is 0.133. The highest BCUT2D eigenvalue weighted by Crippen LogP contribution is 2.23. The van der Waals surface area contributed by atoms with E-state index in [-0.39, 0.29) is 29.4 Å². The number of ether oxygens (including phenoxy) is 1. The van der Waals surface area contributed by atoms with Gasteiger partial charge in [0.15, 0.2) is 0 Å². The first-order valence-corrected chi connectivity index (χ1v) is 6.84. The Morgan fingerprint density at radius 2 is 2.05 bits per heavy atom. The second-order valence-corrected chi connectivity index (χ2v) is 4.74. The van der Waals surface area contributed by atoms with Gasteiger partial charge in [-0.2, -0.15) is 8.78 Å². The van der Waals surface area contributed by atoms with Crippen LogP contribution in [0.5, 0.6) is 5.75 Å². The molecule has 0 saturated carbocycles. The largest absolute Gasteiger partial charge is 0.481 e. The zero-order valence-corrected chi connectivity index (χ0v) is 11.5. The molecule has 0 bridgehead atoms. The number of benzene rings is 1. The number of nitrogens with one attached hydrogen (secondary N) is 1. The van der Waals surface area contributed by atoms with E-state index in [2.05, 4.69) is 10.1 Å². The molecule has 0 aliphatic rings. The van der Waals surface area contributed by atoms with Gasteiger partial charge in [0.05, 0.1) is 11.5 Å². The maximum Gasteiger partial charge on any atom is 0.387 e. The fourth-order valence-corrected chi connectivity index (χ4v) is 1.95. The molecule has 0 aliphatic heterocycles. The van der Waals surface area contributed by atoms with Gasteiger partial charge in [-0.1, -0.05) is 6.07 Å². The summed E-state index contributed by atoms with van der Waals surface area (Å²) in [6.45, 7) is -3.44. The molecule has 0 heterocycles. The maximum atomic E-state index is 13.5. The van der Waals surface area contributed by atoms with Gasteiger partial charge in [0.25, 0.3) is 0 Å². The molecule has 0 aliphatic carbocycles. The maximum absolute atomic E-state index is 13.5. The first kappa shape index (κ1) is 17.2. The second kappa shape index (κ2) is 8.40. The number of thioether (sulfide) groups is 1. The third-order valence-corrected chi connectivity index (χ3v) is 3.13. The SMILES string of the molecule is O=C(O)CSCC(=O)NCc1c(F)cccc1OC(F)F. The number of alkyl halides is 2. The second-order valence-electron chi connectivity index (χ2n) is 3.76. The van der Waals surface area contributed by atoms with Gasteiger partial charge in [-0.05, 0) is 12.1 Å². The molecular formula is C12H12F3NO4S. The van der Waals surface area contributed by atoms with Crippen molar-refractivity contribution in [3.63, 3.8) is 0 Å². The highest BCUT2D eigenvalue weighted by Gasteiger charge is 2.14. The van der Waals surface area contributed by atoms with Crippen LogP contribution in [0, 0.1) is 5.82 Å². The van der Waals surface area contributed by atoms with Gasteiger partial charge < -0.3 is 15.2 Å². The van der Waals surface area contributed by atoms with Gasteiger partial charge >= 0.3 is 12.6 Å². The molecule has 1 rings (SSSR count). The van der Waals surface area contributed by atoms with Crippen molar-refractivity contribution in [3.05, 3.63) is 29.6 Å². The predicted octanol–water partition coefficient (Wildman–Crippen LogP) is 1.86. The molecular weight excluding hydrogens is 311 g/mol. The first-order valence-electron chi connectivity index (χ1n) is 5.68. The highest BCUT2D eigenvalue weighted by atomic mass is 32.2. The monoisotopic (exact) mass is 323 g/mol. The van der Waals surface area contributed by atoms with E-state index in [4.69, 9.17) is 5.11 Å². The molecule has 2 N–H and O–H groups in total. The Bertz CT molecular complexity index is 513. The van der Waals surface area contributed by atoms with Gasteiger partial charge in [-0.3, -0.25) is 9.59 Å². The molecule has 1 amide bonds. The van der Waals surface area contributed by atoms with E-state index < -0.39 is 24.3 Å². The molecule has 1 aromatic carbocycles. The summed E-state index contributed by atoms with van der Waals surface area (Å²) in [6.07, 6.45) is 0. The van der Waals surface area contributed by atoms with E-state index >= 15 is 0 Å². The number of amides is 1. The Labute approximate surface area is 122 Å². The molecule has 0 radical (unpaired) electrons. The number of hydrogen-bond acceptors (Lipinski definition) is 4. The number of carbonyl (C=O) groups is 2. The van der Waals surface area contributed by atoms with Gasteiger partial charge in [0.2, 0.25) is 5.91 Å². The van der Waals surface area contributed by atoms with Crippen LogP contribution in [-0.4, -0.2) is 35.1 Å². The van der Waals surface area contributed by atoms with Gasteiger partial charge in [-0.15, -0.1) is 11.8 Å². The van der Waals surface area contributed by atoms with Crippen LogP contribution in [0.15, 0.2) is 18.2 Å². The van der Waals surface area contributed by atoms with E-state index in [9.17, 15) is 22.8 Å². The van der Waals surface area contributed by atoms with Gasteiger partial charge in [-0.25, -0.2) is 4.39 Å². The fourth-order valence-electron chi connectivity index (χ4n) is 1.39. The van der Waals surface area contributed by atoms with Crippen LogP contribution >= 0.6 is 11.8 Å². The molecule has 0 unspecified atom stereocenters. The summed E-state index contributed by atoms with van der Waals surface area (Å²) in [4.78, 5) is 21.7. The number of carboxylic acids is 1. The molecule has 5 nitrogen and oxygen atoms in total. The lowest BCUT2D eigenvalue weighted by molar-refractivity contribution is -0.133. The molecule has 0 atom stereocenters. The summed E-state index contributed by atoms with van der Waals surface area (Å²) < 4.78 is 42.1. The van der Waals surface area contributed by atoms with Crippen molar-refractivity contribution in [1.82, 2.24) is 5.32 Å². The highest BCUT2D eigenvalue weighted by molar-refractivity contribution is 8.00. The lowest BCUT2D eigenvalue weighted by atomic mass is 10.2. The normalized spacial score (nSPS) is 10.5. The van der Waals surface area contributed by atoms with Crippen molar-refractivity contribution in [2.24, 2.45) is 0 Å². The summed E-state index contributed by atoms with van der Waals surface area (Å²) in [7, 11) is 0. The lowest BCUT2D eigenvalue weighted by Crippen LogP contribution is -2.26. The van der Waals surface area contributed by atoms with Crippen molar-refractivity contribution >= 4 is 23.6 Å². The van der Waals surface area contributed by atoms with Crippen LogP contribution in [0.4, 0.5) is 13.2 Å². The predicted molar refractivity (Wildman–Crippen MR) is 69.8 cm³/mol. The summed E-state index contributed by atoms with van der Waals surface area (Å²) in [5.41, 5.74) is -0.200. The third kappa shape index (κ3) is 6.39. The van der Waals surface area contributed by atoms with Crippen molar-refractivity contribution in [2.75, 3.05) is 11.5 Å². The molecule has 116 valence electrons. The summed E-state index contributed by atoms with van der Waals surface area (Å²) in [5.74, 6) is -3.12. The van der Waals surface area contributed by atoms with Crippen molar-refractivity contribution in [1.29, 1.82) is 0 Å². The molecule has 0 saturated heterocycles. The van der Waals surface area contributed by atoms with Crippen molar-refractivity contribution in [2.45, 2.75) is 13.2 Å². The average Bonchev–Trinajstić information content (AvgIpc) is 2.37. The lowest BCUT2D eigenvalue weighted by Gasteiger charge is -2.12. The van der Waals surface area contributed by atoms with E-state index in [0.717, 1.165) is 23.9 Å². The van der Waals surface area contributed by atoms with E-state index in [0.29, 0.717) is 0 Å². The molecule has 1 aromatic rings. The number of hydrogen-bond donors (Lipinski definition) is 2. The standard InChI is InChI=1S/C12H12F3NO4S/c13-8-2-1-3-9(20-12(14)15)7(8)4-16-10(17)5-21-6-11(18)19/h1-3,12H,4-6H2,(H,16,17)(H,18,19). The number of carbonyl (C=O) groups excluding carboxylic acids is 1. The molecule has 0 spiro atoms. The zero-order valence-electron chi connectivity index (χ0n) is 10.6. The van der Waals surface area contributed by atoms with Crippen LogP contribution in [0.25, 0.3) is 0 Å². The Morgan fingerprint density at radius 3 is 2.67 bits per heavy atom. The smallest absolute Gasteiger partial charge is 0.387 e. The number of carboxylic acid groups (broad SMARTS) is 1. The van der Waals surface area contributed by atoms with Crippen LogP contribution in [-0.2, 0) is 16.1 Å². The number of rotatable bonds is 8. The van der Waals surface area contributed by atoms with Crippen LogP contribution in [0.2, 0.25) is 0 Å². The molecule has 9 heteroatoms. The Hall–Kier alpha value is -1.90. The van der Waals surface area contributed by atoms with E-state index in [1.165, 1.54) is 6.07 Å². The topological polar surface area (TPSA) is 75.6 Å². The fraction of sp³-hybridized carbons (Fsp3) is 0.333. The molecule has 0 aromatic heterocycles. The van der Waals surface area contributed by atoms with Crippen molar-refractivity contribution < 1.29 is 32.6 Å². The van der Waals surface area contributed by atoms with Gasteiger partial charge in [0.1, 0.15) is 11.6 Å². The van der Waals surface area contributed by atoms with Crippen LogP contribution < -0.4 is 10.1 Å².